The smallest absolute Gasteiger partial charge is 0.416 e. The van der Waals surface area contributed by atoms with E-state index in [2.05, 4.69) is 15.4 Å². The van der Waals surface area contributed by atoms with E-state index in [9.17, 15) is 31.9 Å². The van der Waals surface area contributed by atoms with Gasteiger partial charge in [0.25, 0.3) is 5.56 Å². The van der Waals surface area contributed by atoms with Gasteiger partial charge in [0.05, 0.1) is 5.56 Å². The van der Waals surface area contributed by atoms with E-state index in [0.717, 1.165) is 23.3 Å². The number of hydrogen-bond acceptors (Lipinski definition) is 7. The number of halogens is 4. The van der Waals surface area contributed by atoms with Gasteiger partial charge in [-0.25, -0.2) is 13.9 Å². The number of aromatic nitrogens is 3. The molecule has 0 radical (unpaired) electrons. The molecular formula is C38H47F4N5O4S. The van der Waals surface area contributed by atoms with Gasteiger partial charge in [0, 0.05) is 25.4 Å². The number of ether oxygens (including phenoxy) is 1. The van der Waals surface area contributed by atoms with Crippen molar-refractivity contribution in [2.24, 2.45) is 5.92 Å². The molecule has 2 amide bonds. The third-order valence-electron chi connectivity index (χ3n) is 7.82. The van der Waals surface area contributed by atoms with Gasteiger partial charge in [-0.15, -0.1) is 0 Å². The lowest BCUT2D eigenvalue weighted by atomic mass is 9.99. The molecule has 1 unspecified atom stereocenters. The highest BCUT2D eigenvalue weighted by Gasteiger charge is 2.30. The van der Waals surface area contributed by atoms with Crippen LogP contribution in [0.2, 0.25) is 0 Å². The highest BCUT2D eigenvalue weighted by Crippen LogP contribution is 2.30. The van der Waals surface area contributed by atoms with Crippen LogP contribution in [0.15, 0.2) is 76.7 Å². The van der Waals surface area contributed by atoms with Gasteiger partial charge in [-0.1, -0.05) is 68.1 Å². The first-order valence-electron chi connectivity index (χ1n) is 17.1. The second-order valence-electron chi connectivity index (χ2n) is 13.0. The number of alkyl carbamates (subject to hydrolysis) is 1. The fourth-order valence-corrected chi connectivity index (χ4v) is 5.87. The Morgan fingerprint density at radius 1 is 1.06 bits per heavy atom. The van der Waals surface area contributed by atoms with E-state index in [1.165, 1.54) is 40.7 Å². The van der Waals surface area contributed by atoms with Gasteiger partial charge in [-0.05, 0) is 93.8 Å². The maximum Gasteiger partial charge on any atom is 0.416 e. The van der Waals surface area contributed by atoms with Crippen LogP contribution in [0.3, 0.4) is 0 Å². The zero-order valence-electron chi connectivity index (χ0n) is 30.4. The van der Waals surface area contributed by atoms with Crippen LogP contribution in [0.25, 0.3) is 5.57 Å². The molecule has 1 aromatic heterocycles. The highest BCUT2D eigenvalue weighted by molar-refractivity contribution is 7.98. The number of alkyl halides is 3. The predicted molar refractivity (Wildman–Crippen MR) is 195 cm³/mol. The zero-order valence-corrected chi connectivity index (χ0v) is 31.2. The Kier molecular flexibility index (Phi) is 15.7. The van der Waals surface area contributed by atoms with E-state index >= 15 is 0 Å². The van der Waals surface area contributed by atoms with Crippen molar-refractivity contribution in [2.45, 2.75) is 90.0 Å². The topological polar surface area (TPSA) is 106 Å². The van der Waals surface area contributed by atoms with Crippen molar-refractivity contribution in [3.05, 3.63) is 105 Å². The van der Waals surface area contributed by atoms with Crippen LogP contribution in [-0.2, 0) is 34.4 Å². The summed E-state index contributed by atoms with van der Waals surface area (Å²) in [6.07, 6.45) is 1.97. The number of benzene rings is 2. The Hall–Kier alpha value is -4.46. The first kappa shape index (κ1) is 42.0. The Bertz CT molecular complexity index is 1750. The summed E-state index contributed by atoms with van der Waals surface area (Å²) in [5.74, 6) is -0.428. The third-order valence-corrected chi connectivity index (χ3v) is 8.85. The van der Waals surface area contributed by atoms with Crippen molar-refractivity contribution < 1.29 is 31.9 Å². The predicted octanol–water partition coefficient (Wildman–Crippen LogP) is 8.08. The van der Waals surface area contributed by atoms with Crippen LogP contribution in [0.5, 0.6) is 0 Å². The van der Waals surface area contributed by atoms with Crippen molar-refractivity contribution in [2.75, 3.05) is 19.6 Å². The van der Waals surface area contributed by atoms with Gasteiger partial charge in [0.15, 0.2) is 5.16 Å². The number of carbonyl (C=O) groups is 2. The first-order chi connectivity index (χ1) is 24.5. The van der Waals surface area contributed by atoms with Crippen LogP contribution < -0.4 is 10.9 Å². The number of amides is 2. The average molecular weight is 746 g/mol. The lowest BCUT2D eigenvalue weighted by Crippen LogP contribution is -2.40. The molecule has 0 saturated heterocycles. The molecule has 3 aromatic rings. The summed E-state index contributed by atoms with van der Waals surface area (Å²) in [6, 6.07) is 10.9. The summed E-state index contributed by atoms with van der Waals surface area (Å²) >= 11 is 1.21. The second kappa shape index (κ2) is 19.4. The summed E-state index contributed by atoms with van der Waals surface area (Å²) in [5.41, 5.74) is 0.479. The van der Waals surface area contributed by atoms with Crippen molar-refractivity contribution in [3.8, 4) is 0 Å². The average Bonchev–Trinajstić information content (AvgIpc) is 3.08. The Morgan fingerprint density at radius 3 is 2.31 bits per heavy atom. The molecule has 1 N–H and O–H groups in total. The molecule has 0 saturated carbocycles. The van der Waals surface area contributed by atoms with Crippen LogP contribution >= 0.6 is 11.8 Å². The summed E-state index contributed by atoms with van der Waals surface area (Å²) in [5, 5.41) is 7.42. The second-order valence-corrected chi connectivity index (χ2v) is 14.0. The number of aryl methyl sites for hydroxylation is 1. The molecule has 9 nitrogen and oxygen atoms in total. The summed E-state index contributed by atoms with van der Waals surface area (Å²) in [6.45, 7) is 11.4. The highest BCUT2D eigenvalue weighted by atomic mass is 32.2. The lowest BCUT2D eigenvalue weighted by molar-refractivity contribution is -0.137. The molecule has 1 heterocycles. The molecule has 282 valence electrons. The molecule has 0 fully saturated rings. The quantitative estimate of drug-likeness (QED) is 0.0684. The van der Waals surface area contributed by atoms with Crippen LogP contribution in [-0.4, -0.2) is 56.9 Å². The van der Waals surface area contributed by atoms with Gasteiger partial charge < -0.3 is 15.0 Å². The molecule has 2 aromatic carbocycles. The number of hydrogen-bond donors (Lipinski definition) is 1. The van der Waals surface area contributed by atoms with Gasteiger partial charge in [0.2, 0.25) is 5.91 Å². The van der Waals surface area contributed by atoms with Crippen LogP contribution in [0.4, 0.5) is 22.4 Å². The number of carbonyl (C=O) groups excluding carboxylic acids is 2. The van der Waals surface area contributed by atoms with Crippen LogP contribution in [0.1, 0.15) is 76.8 Å². The summed E-state index contributed by atoms with van der Waals surface area (Å²) < 4.78 is 59.5. The van der Waals surface area contributed by atoms with Gasteiger partial charge in [-0.2, -0.15) is 23.3 Å². The molecule has 0 aliphatic rings. The number of nitrogens with zero attached hydrogens (tertiary/aromatic N) is 4. The Labute approximate surface area is 306 Å². The minimum Gasteiger partial charge on any atom is -0.444 e. The van der Waals surface area contributed by atoms with E-state index in [1.54, 1.807) is 51.7 Å². The van der Waals surface area contributed by atoms with Gasteiger partial charge in [-0.3, -0.25) is 9.59 Å². The van der Waals surface area contributed by atoms with Crippen LogP contribution in [0, 0.1) is 11.7 Å². The van der Waals surface area contributed by atoms with Crippen molar-refractivity contribution in [1.29, 1.82) is 0 Å². The zero-order chi connectivity index (χ0) is 38.5. The SMILES string of the molecule is C/C=C(\C=C/C(CC)CN(CCCNC(=O)OC(C)(C)C)C(=O)Cn1nc(CC)c(=O)nc1SCc1ccc(F)cc1)c1ccc(C(F)(F)F)cc1. The van der Waals surface area contributed by atoms with Gasteiger partial charge in [0.1, 0.15) is 23.7 Å². The van der Waals surface area contributed by atoms with Crippen molar-refractivity contribution in [1.82, 2.24) is 25.0 Å². The standard InChI is InChI=1S/C38H47F4N5O4S/c1-7-26(11-14-28(8-2)29-15-17-30(18-16-29)38(40,41)42)23-46(22-10-21-43-36(50)51-37(4,5)6)33(48)24-47-35(44-34(49)32(9-3)45-47)52-25-27-12-19-31(39)20-13-27/h8,11-20,26H,7,9-10,21-25H2,1-6H3,(H,43,50)/b14-11-,28-8+. The number of nitrogens with one attached hydrogen (secondary N) is 1. The minimum atomic E-state index is -4.43. The molecule has 14 heteroatoms. The van der Waals surface area contributed by atoms with Gasteiger partial charge >= 0.3 is 12.3 Å². The van der Waals surface area contributed by atoms with E-state index in [0.29, 0.717) is 37.1 Å². The Morgan fingerprint density at radius 2 is 1.73 bits per heavy atom. The number of rotatable bonds is 16. The van der Waals surface area contributed by atoms with Crippen molar-refractivity contribution in [3.63, 3.8) is 0 Å². The molecule has 3 rings (SSSR count). The largest absolute Gasteiger partial charge is 0.444 e. The lowest BCUT2D eigenvalue weighted by Gasteiger charge is -2.27. The summed E-state index contributed by atoms with van der Waals surface area (Å²) in [4.78, 5) is 44.8. The maximum atomic E-state index is 14.0. The Balaban J connectivity index is 1.84. The van der Waals surface area contributed by atoms with Crippen molar-refractivity contribution >= 4 is 29.3 Å². The van der Waals surface area contributed by atoms with E-state index < -0.39 is 29.0 Å². The minimum absolute atomic E-state index is 0.134. The number of thioether (sulfide) groups is 1. The van der Waals surface area contributed by atoms with E-state index in [1.807, 2.05) is 25.2 Å². The molecule has 52 heavy (non-hydrogen) atoms. The summed E-state index contributed by atoms with van der Waals surface area (Å²) in [7, 11) is 0. The van der Waals surface area contributed by atoms with E-state index in [-0.39, 0.29) is 48.1 Å². The molecule has 1 atom stereocenters. The normalized spacial score (nSPS) is 12.9. The fourth-order valence-electron chi connectivity index (χ4n) is 4.98. The fraction of sp³-hybridized carbons (Fsp3) is 0.447. The molecular weight excluding hydrogens is 699 g/mol. The monoisotopic (exact) mass is 745 g/mol. The third kappa shape index (κ3) is 13.6. The maximum absolute atomic E-state index is 14.0. The first-order valence-corrected chi connectivity index (χ1v) is 18.1. The molecule has 0 aliphatic carbocycles. The van der Waals surface area contributed by atoms with E-state index in [4.69, 9.17) is 4.74 Å². The number of allylic oxidation sites excluding steroid dienone is 3. The molecule has 0 bridgehead atoms. The molecule has 0 aliphatic heterocycles. The molecule has 0 spiro atoms.